The summed E-state index contributed by atoms with van der Waals surface area (Å²) in [6.07, 6.45) is 2.19. The van der Waals surface area contributed by atoms with E-state index in [4.69, 9.17) is 4.74 Å². The molecule has 0 aromatic heterocycles. The lowest BCUT2D eigenvalue weighted by Gasteiger charge is -2.58. The second-order valence-electron chi connectivity index (χ2n) is 8.92. The predicted molar refractivity (Wildman–Crippen MR) is 99.3 cm³/mol. The molecule has 3 unspecified atom stereocenters. The molecule has 3 nitrogen and oxygen atoms in total. The van der Waals surface area contributed by atoms with Crippen molar-refractivity contribution in [2.45, 2.75) is 72.5 Å². The fourth-order valence-corrected chi connectivity index (χ4v) is 6.17. The minimum atomic E-state index is -1.01. The van der Waals surface area contributed by atoms with Gasteiger partial charge in [0.25, 0.3) is 0 Å². The van der Waals surface area contributed by atoms with Gasteiger partial charge in [-0.25, -0.2) is 0 Å². The first-order chi connectivity index (χ1) is 11.0. The molecule has 0 aliphatic heterocycles. The number of aromatic hydroxyl groups is 1. The lowest BCUT2D eigenvalue weighted by atomic mass is 9.50. The monoisotopic (exact) mass is 396 g/mol. The highest BCUT2D eigenvalue weighted by molar-refractivity contribution is 9.10. The zero-order chi connectivity index (χ0) is 18.1. The number of phenols is 1. The van der Waals surface area contributed by atoms with E-state index in [9.17, 15) is 10.2 Å². The molecule has 2 bridgehead atoms. The average molecular weight is 397 g/mol. The van der Waals surface area contributed by atoms with E-state index in [0.717, 1.165) is 23.1 Å². The largest absolute Gasteiger partial charge is 0.506 e. The van der Waals surface area contributed by atoms with E-state index >= 15 is 0 Å². The van der Waals surface area contributed by atoms with Crippen molar-refractivity contribution in [3.8, 4) is 5.75 Å². The standard InChI is InChI=1S/C20H29BrO3/c1-7-24-17-13-11(2)12(3)15(21)16(22)14(13)20(23)9-18(4,5)8-19(17,6)10-20/h17,22-23H,7-10H2,1-6H3. The average Bonchev–Trinajstić information content (AvgIpc) is 2.42. The fraction of sp³-hybridized carbons (Fsp3) is 0.700. The summed E-state index contributed by atoms with van der Waals surface area (Å²) in [5.74, 6) is 0.181. The maximum Gasteiger partial charge on any atom is 0.136 e. The molecule has 3 atom stereocenters. The maximum atomic E-state index is 11.6. The number of benzene rings is 1. The molecule has 24 heavy (non-hydrogen) atoms. The van der Waals surface area contributed by atoms with E-state index in [2.05, 4.69) is 43.6 Å². The molecule has 2 aliphatic rings. The Balaban J connectivity index is 2.38. The zero-order valence-corrected chi connectivity index (χ0v) is 17.2. The number of aliphatic hydroxyl groups is 1. The van der Waals surface area contributed by atoms with Gasteiger partial charge in [0.1, 0.15) is 5.75 Å². The van der Waals surface area contributed by atoms with Crippen molar-refractivity contribution in [2.75, 3.05) is 6.61 Å². The van der Waals surface area contributed by atoms with Crippen LogP contribution in [-0.2, 0) is 10.3 Å². The number of phenolic OH excluding ortho intramolecular Hbond substituents is 1. The molecule has 3 rings (SSSR count). The number of halogens is 1. The first kappa shape index (κ1) is 18.2. The van der Waals surface area contributed by atoms with Crippen molar-refractivity contribution >= 4 is 15.9 Å². The van der Waals surface area contributed by atoms with Gasteiger partial charge in [-0.05, 0) is 78.1 Å². The second kappa shape index (κ2) is 5.46. The Kier molecular flexibility index (Phi) is 4.14. The Morgan fingerprint density at radius 1 is 1.12 bits per heavy atom. The summed E-state index contributed by atoms with van der Waals surface area (Å²) in [4.78, 5) is 0. The molecule has 0 spiro atoms. The lowest BCUT2D eigenvalue weighted by molar-refractivity contribution is -0.166. The van der Waals surface area contributed by atoms with Gasteiger partial charge in [-0.2, -0.15) is 0 Å². The van der Waals surface area contributed by atoms with Crippen molar-refractivity contribution in [1.29, 1.82) is 0 Å². The molecule has 0 heterocycles. The van der Waals surface area contributed by atoms with Crippen molar-refractivity contribution in [3.05, 3.63) is 26.7 Å². The van der Waals surface area contributed by atoms with E-state index in [1.165, 1.54) is 0 Å². The second-order valence-corrected chi connectivity index (χ2v) is 9.71. The minimum Gasteiger partial charge on any atom is -0.506 e. The smallest absolute Gasteiger partial charge is 0.136 e. The maximum absolute atomic E-state index is 11.6. The third-order valence-corrected chi connectivity index (χ3v) is 7.02. The zero-order valence-electron chi connectivity index (χ0n) is 15.6. The topological polar surface area (TPSA) is 49.7 Å². The Morgan fingerprint density at radius 3 is 2.33 bits per heavy atom. The number of hydrogen-bond donors (Lipinski definition) is 2. The molecule has 0 radical (unpaired) electrons. The Bertz CT molecular complexity index is 697. The summed E-state index contributed by atoms with van der Waals surface area (Å²) in [6, 6.07) is 0. The molecule has 1 saturated carbocycles. The van der Waals surface area contributed by atoms with Crippen LogP contribution in [0.15, 0.2) is 4.47 Å². The van der Waals surface area contributed by atoms with Gasteiger partial charge in [-0.1, -0.05) is 20.8 Å². The van der Waals surface area contributed by atoms with Crippen molar-refractivity contribution in [1.82, 2.24) is 0 Å². The van der Waals surface area contributed by atoms with Gasteiger partial charge in [-0.3, -0.25) is 0 Å². The number of fused-ring (bicyclic) bond motifs is 4. The summed E-state index contributed by atoms with van der Waals surface area (Å²) in [5, 5.41) is 22.5. The van der Waals surface area contributed by atoms with Crippen LogP contribution in [0.3, 0.4) is 0 Å². The first-order valence-electron chi connectivity index (χ1n) is 8.82. The van der Waals surface area contributed by atoms with Crippen molar-refractivity contribution < 1.29 is 14.9 Å². The molecule has 2 aliphatic carbocycles. The van der Waals surface area contributed by atoms with Gasteiger partial charge in [0.2, 0.25) is 0 Å². The molecule has 134 valence electrons. The van der Waals surface area contributed by atoms with Crippen LogP contribution in [-0.4, -0.2) is 16.8 Å². The van der Waals surface area contributed by atoms with Gasteiger partial charge < -0.3 is 14.9 Å². The van der Waals surface area contributed by atoms with E-state index in [-0.39, 0.29) is 22.7 Å². The van der Waals surface area contributed by atoms with Crippen LogP contribution >= 0.6 is 15.9 Å². The Morgan fingerprint density at radius 2 is 1.75 bits per heavy atom. The molecular formula is C20H29BrO3. The molecule has 1 aromatic rings. The minimum absolute atomic E-state index is 0.00744. The molecule has 1 fully saturated rings. The third kappa shape index (κ3) is 2.45. The van der Waals surface area contributed by atoms with E-state index in [1.807, 2.05) is 13.8 Å². The van der Waals surface area contributed by atoms with Crippen LogP contribution in [0.2, 0.25) is 0 Å². The van der Waals surface area contributed by atoms with E-state index in [1.54, 1.807) is 0 Å². The lowest BCUT2D eigenvalue weighted by Crippen LogP contribution is -2.52. The molecule has 2 N–H and O–H groups in total. The van der Waals surface area contributed by atoms with E-state index < -0.39 is 5.60 Å². The van der Waals surface area contributed by atoms with Crippen LogP contribution in [0, 0.1) is 24.7 Å². The van der Waals surface area contributed by atoms with Gasteiger partial charge in [0.05, 0.1) is 16.2 Å². The molecule has 1 aromatic carbocycles. The fourth-order valence-electron chi connectivity index (χ4n) is 5.67. The quantitative estimate of drug-likeness (QED) is 0.715. The van der Waals surface area contributed by atoms with Crippen LogP contribution in [0.4, 0.5) is 0 Å². The van der Waals surface area contributed by atoms with Gasteiger partial charge in [0.15, 0.2) is 0 Å². The highest BCUT2D eigenvalue weighted by Crippen LogP contribution is 2.66. The summed E-state index contributed by atoms with van der Waals surface area (Å²) in [5.41, 5.74) is 2.65. The molecule has 0 amide bonds. The normalized spacial score (nSPS) is 34.1. The van der Waals surface area contributed by atoms with Gasteiger partial charge in [0, 0.05) is 17.6 Å². The third-order valence-electron chi connectivity index (χ3n) is 6.05. The first-order valence-corrected chi connectivity index (χ1v) is 9.61. The highest BCUT2D eigenvalue weighted by Gasteiger charge is 2.59. The Hall–Kier alpha value is -0.580. The van der Waals surface area contributed by atoms with Gasteiger partial charge in [-0.15, -0.1) is 0 Å². The summed E-state index contributed by atoms with van der Waals surface area (Å²) in [7, 11) is 0. The van der Waals surface area contributed by atoms with Crippen LogP contribution < -0.4 is 0 Å². The molecule has 0 saturated heterocycles. The predicted octanol–water partition coefficient (Wildman–Crippen LogP) is 5.27. The number of rotatable bonds is 2. The van der Waals surface area contributed by atoms with Crippen LogP contribution in [0.1, 0.15) is 75.3 Å². The summed E-state index contributed by atoms with van der Waals surface area (Å²) >= 11 is 3.52. The van der Waals surface area contributed by atoms with Gasteiger partial charge >= 0.3 is 0 Å². The summed E-state index contributed by atoms with van der Waals surface area (Å²) in [6.45, 7) is 13.3. The highest BCUT2D eigenvalue weighted by atomic mass is 79.9. The van der Waals surface area contributed by atoms with Crippen molar-refractivity contribution in [3.63, 3.8) is 0 Å². The van der Waals surface area contributed by atoms with Crippen LogP contribution in [0.5, 0.6) is 5.75 Å². The van der Waals surface area contributed by atoms with E-state index in [0.29, 0.717) is 29.5 Å². The Labute approximate surface area is 153 Å². The van der Waals surface area contributed by atoms with Crippen molar-refractivity contribution in [2.24, 2.45) is 10.8 Å². The SMILES string of the molecule is CCOC1c2c(C)c(C)c(Br)c(O)c2C2(O)CC(C)(C)CC1(C)C2. The molecule has 4 heteroatoms. The molecular weight excluding hydrogens is 368 g/mol. The van der Waals surface area contributed by atoms with Crippen LogP contribution in [0.25, 0.3) is 0 Å². The summed E-state index contributed by atoms with van der Waals surface area (Å²) < 4.78 is 6.92. The number of ether oxygens (including phenoxy) is 1. The number of hydrogen-bond acceptors (Lipinski definition) is 3.